The SMILES string of the molecule is O=C(c1nccc2ccccc12)N1CCC[C@H]1CO. The molecule has 4 nitrogen and oxygen atoms in total. The molecule has 1 N–H and O–H groups in total. The Bertz CT molecular complexity index is 607. The Kier molecular flexibility index (Phi) is 3.17. The van der Waals surface area contributed by atoms with E-state index in [1.165, 1.54) is 0 Å². The van der Waals surface area contributed by atoms with Crippen molar-refractivity contribution in [3.8, 4) is 0 Å². The van der Waals surface area contributed by atoms with E-state index in [-0.39, 0.29) is 18.6 Å². The summed E-state index contributed by atoms with van der Waals surface area (Å²) in [5.41, 5.74) is 0.485. The number of aliphatic hydroxyl groups is 1. The molecule has 1 saturated heterocycles. The van der Waals surface area contributed by atoms with Crippen molar-refractivity contribution >= 4 is 16.7 Å². The molecule has 1 atom stereocenters. The lowest BCUT2D eigenvalue weighted by molar-refractivity contribution is 0.0674. The first-order chi connectivity index (χ1) is 9.31. The number of carbonyl (C=O) groups is 1. The van der Waals surface area contributed by atoms with Crippen LogP contribution in [0.3, 0.4) is 0 Å². The van der Waals surface area contributed by atoms with Crippen LogP contribution < -0.4 is 0 Å². The van der Waals surface area contributed by atoms with Crippen LogP contribution in [0.25, 0.3) is 10.8 Å². The number of pyridine rings is 1. The smallest absolute Gasteiger partial charge is 0.273 e. The molecule has 19 heavy (non-hydrogen) atoms. The predicted molar refractivity (Wildman–Crippen MR) is 72.9 cm³/mol. The summed E-state index contributed by atoms with van der Waals surface area (Å²) in [5, 5.41) is 11.2. The van der Waals surface area contributed by atoms with Gasteiger partial charge in [-0.25, -0.2) is 0 Å². The lowest BCUT2D eigenvalue weighted by Gasteiger charge is -2.23. The molecular formula is C15H16N2O2. The van der Waals surface area contributed by atoms with Crippen LogP contribution >= 0.6 is 0 Å². The average Bonchev–Trinajstić information content (AvgIpc) is 2.94. The van der Waals surface area contributed by atoms with Crippen molar-refractivity contribution in [3.63, 3.8) is 0 Å². The van der Waals surface area contributed by atoms with Gasteiger partial charge in [0, 0.05) is 18.1 Å². The number of likely N-dealkylation sites (tertiary alicyclic amines) is 1. The highest BCUT2D eigenvalue weighted by Crippen LogP contribution is 2.23. The highest BCUT2D eigenvalue weighted by molar-refractivity contribution is 6.05. The molecule has 98 valence electrons. The van der Waals surface area contributed by atoms with E-state index in [0.29, 0.717) is 12.2 Å². The van der Waals surface area contributed by atoms with Gasteiger partial charge in [0.05, 0.1) is 12.6 Å². The molecule has 1 aliphatic heterocycles. The van der Waals surface area contributed by atoms with Gasteiger partial charge in [0.15, 0.2) is 0 Å². The number of hydrogen-bond acceptors (Lipinski definition) is 3. The zero-order valence-corrected chi connectivity index (χ0v) is 10.6. The van der Waals surface area contributed by atoms with Gasteiger partial charge in [0.1, 0.15) is 5.69 Å². The standard InChI is InChI=1S/C15H16N2O2/c18-10-12-5-3-9-17(12)15(19)14-13-6-2-1-4-11(13)7-8-16-14/h1-2,4,6-8,12,18H,3,5,9-10H2/t12-/m0/s1. The van der Waals surface area contributed by atoms with Gasteiger partial charge < -0.3 is 10.0 Å². The Morgan fingerprint density at radius 2 is 2.21 bits per heavy atom. The largest absolute Gasteiger partial charge is 0.394 e. The van der Waals surface area contributed by atoms with E-state index in [0.717, 1.165) is 23.6 Å². The molecule has 0 radical (unpaired) electrons. The van der Waals surface area contributed by atoms with Crippen LogP contribution in [0.1, 0.15) is 23.3 Å². The van der Waals surface area contributed by atoms with E-state index in [1.54, 1.807) is 11.1 Å². The quantitative estimate of drug-likeness (QED) is 0.892. The lowest BCUT2D eigenvalue weighted by atomic mass is 10.1. The molecule has 0 spiro atoms. The topological polar surface area (TPSA) is 53.4 Å². The van der Waals surface area contributed by atoms with Gasteiger partial charge in [-0.05, 0) is 24.3 Å². The van der Waals surface area contributed by atoms with Gasteiger partial charge in [-0.15, -0.1) is 0 Å². The summed E-state index contributed by atoms with van der Waals surface area (Å²) in [6, 6.07) is 9.59. The number of nitrogens with zero attached hydrogens (tertiary/aromatic N) is 2. The Labute approximate surface area is 111 Å². The number of amides is 1. The second kappa shape index (κ2) is 4.97. The maximum absolute atomic E-state index is 12.6. The van der Waals surface area contributed by atoms with E-state index in [4.69, 9.17) is 0 Å². The summed E-state index contributed by atoms with van der Waals surface area (Å²) in [5.74, 6) is -0.0756. The number of aliphatic hydroxyl groups excluding tert-OH is 1. The van der Waals surface area contributed by atoms with E-state index in [9.17, 15) is 9.90 Å². The average molecular weight is 256 g/mol. The minimum absolute atomic E-state index is 0.0243. The van der Waals surface area contributed by atoms with Crippen LogP contribution in [0.5, 0.6) is 0 Å². The van der Waals surface area contributed by atoms with E-state index in [2.05, 4.69) is 4.98 Å². The maximum atomic E-state index is 12.6. The van der Waals surface area contributed by atoms with E-state index in [1.807, 2.05) is 30.3 Å². The van der Waals surface area contributed by atoms with Crippen molar-refractivity contribution in [1.29, 1.82) is 0 Å². The molecule has 3 rings (SSSR count). The normalized spacial score (nSPS) is 19.0. The van der Waals surface area contributed by atoms with Crippen molar-refractivity contribution in [2.75, 3.05) is 13.2 Å². The van der Waals surface area contributed by atoms with Gasteiger partial charge in [-0.3, -0.25) is 9.78 Å². The molecule has 1 fully saturated rings. The molecule has 2 aromatic rings. The van der Waals surface area contributed by atoms with Crippen LogP contribution in [-0.4, -0.2) is 40.1 Å². The summed E-state index contributed by atoms with van der Waals surface area (Å²) in [4.78, 5) is 18.6. The molecule has 4 heteroatoms. The Morgan fingerprint density at radius 3 is 3.05 bits per heavy atom. The Morgan fingerprint density at radius 1 is 1.37 bits per heavy atom. The first kappa shape index (κ1) is 12.1. The highest BCUT2D eigenvalue weighted by Gasteiger charge is 2.30. The number of hydrogen-bond donors (Lipinski definition) is 1. The fourth-order valence-corrected chi connectivity index (χ4v) is 2.72. The third kappa shape index (κ3) is 2.08. The lowest BCUT2D eigenvalue weighted by Crippen LogP contribution is -2.38. The van der Waals surface area contributed by atoms with Crippen LogP contribution in [0, 0.1) is 0 Å². The maximum Gasteiger partial charge on any atom is 0.273 e. The second-order valence-electron chi connectivity index (χ2n) is 4.86. The second-order valence-corrected chi connectivity index (χ2v) is 4.86. The summed E-state index contributed by atoms with van der Waals surface area (Å²) in [6.07, 6.45) is 3.48. The molecule has 1 aliphatic rings. The zero-order valence-electron chi connectivity index (χ0n) is 10.6. The van der Waals surface area contributed by atoms with E-state index >= 15 is 0 Å². The summed E-state index contributed by atoms with van der Waals surface area (Å²) in [7, 11) is 0. The molecule has 2 heterocycles. The molecule has 1 amide bonds. The van der Waals surface area contributed by atoms with Gasteiger partial charge in [0.25, 0.3) is 5.91 Å². The van der Waals surface area contributed by atoms with Crippen molar-refractivity contribution in [2.45, 2.75) is 18.9 Å². The minimum atomic E-state index is -0.0756. The fourth-order valence-electron chi connectivity index (χ4n) is 2.72. The van der Waals surface area contributed by atoms with Crippen molar-refractivity contribution in [3.05, 3.63) is 42.2 Å². The highest BCUT2D eigenvalue weighted by atomic mass is 16.3. The zero-order chi connectivity index (χ0) is 13.2. The first-order valence-electron chi connectivity index (χ1n) is 6.57. The summed E-state index contributed by atoms with van der Waals surface area (Å²) in [6.45, 7) is 0.728. The molecule has 0 unspecified atom stereocenters. The number of aromatic nitrogens is 1. The molecule has 1 aromatic heterocycles. The molecule has 0 aliphatic carbocycles. The van der Waals surface area contributed by atoms with Crippen molar-refractivity contribution < 1.29 is 9.90 Å². The monoisotopic (exact) mass is 256 g/mol. The molecule has 0 bridgehead atoms. The van der Waals surface area contributed by atoms with Gasteiger partial charge in [-0.2, -0.15) is 0 Å². The fraction of sp³-hybridized carbons (Fsp3) is 0.333. The molecule has 0 saturated carbocycles. The number of benzene rings is 1. The molecule has 1 aromatic carbocycles. The van der Waals surface area contributed by atoms with Gasteiger partial charge in [0.2, 0.25) is 0 Å². The van der Waals surface area contributed by atoms with Crippen LogP contribution in [0.15, 0.2) is 36.5 Å². The van der Waals surface area contributed by atoms with Gasteiger partial charge in [-0.1, -0.05) is 24.3 Å². The van der Waals surface area contributed by atoms with E-state index < -0.39 is 0 Å². The van der Waals surface area contributed by atoms with Crippen LogP contribution in [-0.2, 0) is 0 Å². The Hall–Kier alpha value is -1.94. The summed E-state index contributed by atoms with van der Waals surface area (Å²) >= 11 is 0. The Balaban J connectivity index is 2.02. The third-order valence-corrected chi connectivity index (χ3v) is 3.72. The first-order valence-corrected chi connectivity index (χ1v) is 6.57. The van der Waals surface area contributed by atoms with Crippen LogP contribution in [0.2, 0.25) is 0 Å². The predicted octanol–water partition coefficient (Wildman–Crippen LogP) is 1.83. The minimum Gasteiger partial charge on any atom is -0.394 e. The number of rotatable bonds is 2. The molecular weight excluding hydrogens is 240 g/mol. The summed E-state index contributed by atoms with van der Waals surface area (Å²) < 4.78 is 0. The van der Waals surface area contributed by atoms with Crippen molar-refractivity contribution in [2.24, 2.45) is 0 Å². The number of fused-ring (bicyclic) bond motifs is 1. The van der Waals surface area contributed by atoms with Crippen molar-refractivity contribution in [1.82, 2.24) is 9.88 Å². The third-order valence-electron chi connectivity index (χ3n) is 3.72. The number of carbonyl (C=O) groups excluding carboxylic acids is 1. The van der Waals surface area contributed by atoms with Gasteiger partial charge >= 0.3 is 0 Å². The van der Waals surface area contributed by atoms with Crippen LogP contribution in [0.4, 0.5) is 0 Å².